The molecule has 1 atom stereocenters. The zero-order chi connectivity index (χ0) is 17.8. The van der Waals surface area contributed by atoms with Crippen molar-refractivity contribution in [2.75, 3.05) is 27.2 Å². The van der Waals surface area contributed by atoms with Crippen molar-refractivity contribution in [2.24, 2.45) is 7.05 Å². The summed E-state index contributed by atoms with van der Waals surface area (Å²) in [5.41, 5.74) is 2.23. The zero-order valence-electron chi connectivity index (χ0n) is 15.5. The third kappa shape index (κ3) is 4.37. The van der Waals surface area contributed by atoms with Crippen LogP contribution < -0.4 is 10.1 Å². The lowest BCUT2D eigenvalue weighted by molar-refractivity contribution is -0.134. The van der Waals surface area contributed by atoms with Crippen LogP contribution in [0.1, 0.15) is 35.9 Å². The van der Waals surface area contributed by atoms with Crippen molar-refractivity contribution in [3.63, 3.8) is 0 Å². The van der Waals surface area contributed by atoms with E-state index in [9.17, 15) is 4.79 Å². The highest BCUT2D eigenvalue weighted by Crippen LogP contribution is 2.30. The van der Waals surface area contributed by atoms with Gasteiger partial charge < -0.3 is 15.0 Å². The maximum absolute atomic E-state index is 12.9. The highest BCUT2D eigenvalue weighted by molar-refractivity contribution is 5.85. The molecule has 6 nitrogen and oxygen atoms in total. The summed E-state index contributed by atoms with van der Waals surface area (Å²) in [6.07, 6.45) is 5.62. The average molecular weight is 379 g/mol. The topological polar surface area (TPSA) is 59.4 Å². The van der Waals surface area contributed by atoms with Gasteiger partial charge in [0.2, 0.25) is 5.91 Å². The molecule has 0 aliphatic carbocycles. The Morgan fingerprint density at radius 1 is 1.27 bits per heavy atom. The van der Waals surface area contributed by atoms with Crippen LogP contribution in [0.15, 0.2) is 36.7 Å². The minimum atomic E-state index is -0.328. The summed E-state index contributed by atoms with van der Waals surface area (Å²) < 4.78 is 6.95. The smallest absolute Gasteiger partial charge is 0.244 e. The van der Waals surface area contributed by atoms with Crippen LogP contribution in [0, 0.1) is 0 Å². The normalized spacial score (nSPS) is 16.0. The second-order valence-electron chi connectivity index (χ2n) is 6.54. The van der Waals surface area contributed by atoms with Crippen molar-refractivity contribution in [3.05, 3.63) is 47.8 Å². The first-order chi connectivity index (χ1) is 12.1. The van der Waals surface area contributed by atoms with Crippen LogP contribution in [0.5, 0.6) is 5.75 Å². The SMILES string of the molecule is CNC(C(=O)N1CCC(c2ccc(OC)cc2)CC1)c1cnn(C)c1.Cl. The lowest BCUT2D eigenvalue weighted by Gasteiger charge is -2.34. The molecular weight excluding hydrogens is 352 g/mol. The number of ether oxygens (including phenoxy) is 1. The molecule has 142 valence electrons. The first-order valence-corrected chi connectivity index (χ1v) is 8.71. The number of likely N-dealkylation sites (tertiary alicyclic amines) is 1. The summed E-state index contributed by atoms with van der Waals surface area (Å²) in [5.74, 6) is 1.51. The van der Waals surface area contributed by atoms with Crippen molar-refractivity contribution >= 4 is 18.3 Å². The summed E-state index contributed by atoms with van der Waals surface area (Å²) >= 11 is 0. The summed E-state index contributed by atoms with van der Waals surface area (Å²) in [6.45, 7) is 1.57. The Kier molecular flexibility index (Phi) is 7.06. The number of amides is 1. The average Bonchev–Trinajstić information content (AvgIpc) is 3.08. The number of hydrogen-bond acceptors (Lipinski definition) is 4. The molecule has 1 aromatic carbocycles. The van der Waals surface area contributed by atoms with Gasteiger partial charge in [-0.25, -0.2) is 0 Å². The number of piperidine rings is 1. The Bertz CT molecular complexity index is 709. The summed E-state index contributed by atoms with van der Waals surface area (Å²) in [4.78, 5) is 14.8. The van der Waals surface area contributed by atoms with Crippen LogP contribution >= 0.6 is 12.4 Å². The first kappa shape index (κ1) is 20.3. The summed E-state index contributed by atoms with van der Waals surface area (Å²) in [5, 5.41) is 7.30. The lowest BCUT2D eigenvalue weighted by Crippen LogP contribution is -2.43. The highest BCUT2D eigenvalue weighted by atomic mass is 35.5. The van der Waals surface area contributed by atoms with Crippen LogP contribution in [-0.4, -0.2) is 47.8 Å². The molecule has 0 spiro atoms. The summed E-state index contributed by atoms with van der Waals surface area (Å²) in [7, 11) is 5.36. The van der Waals surface area contributed by atoms with Crippen LogP contribution in [-0.2, 0) is 11.8 Å². The maximum atomic E-state index is 12.9. The van der Waals surface area contributed by atoms with Gasteiger partial charge in [-0.15, -0.1) is 12.4 Å². The molecule has 1 N–H and O–H groups in total. The molecule has 26 heavy (non-hydrogen) atoms. The Labute approximate surface area is 160 Å². The van der Waals surface area contributed by atoms with Crippen molar-refractivity contribution in [1.82, 2.24) is 20.0 Å². The number of aryl methyl sites for hydroxylation is 1. The van der Waals surface area contributed by atoms with Gasteiger partial charge in [-0.1, -0.05) is 12.1 Å². The fraction of sp³-hybridized carbons (Fsp3) is 0.474. The van der Waals surface area contributed by atoms with Gasteiger partial charge in [0, 0.05) is 31.9 Å². The molecule has 1 aromatic heterocycles. The Morgan fingerprint density at radius 3 is 2.42 bits per heavy atom. The van der Waals surface area contributed by atoms with Crippen LogP contribution in [0.4, 0.5) is 0 Å². The second-order valence-corrected chi connectivity index (χ2v) is 6.54. The monoisotopic (exact) mass is 378 g/mol. The van der Waals surface area contributed by atoms with E-state index in [0.29, 0.717) is 5.92 Å². The zero-order valence-corrected chi connectivity index (χ0v) is 16.3. The van der Waals surface area contributed by atoms with E-state index in [0.717, 1.165) is 37.2 Å². The molecule has 0 bridgehead atoms. The molecule has 1 saturated heterocycles. The third-order valence-electron chi connectivity index (χ3n) is 4.99. The lowest BCUT2D eigenvalue weighted by atomic mass is 9.89. The third-order valence-corrected chi connectivity index (χ3v) is 4.99. The number of hydrogen-bond donors (Lipinski definition) is 1. The molecule has 1 aliphatic heterocycles. The largest absolute Gasteiger partial charge is 0.497 e. The number of methoxy groups -OCH3 is 1. The molecule has 0 saturated carbocycles. The Morgan fingerprint density at radius 2 is 1.92 bits per heavy atom. The van der Waals surface area contributed by atoms with E-state index in [4.69, 9.17) is 4.74 Å². The maximum Gasteiger partial charge on any atom is 0.244 e. The first-order valence-electron chi connectivity index (χ1n) is 8.71. The fourth-order valence-electron chi connectivity index (χ4n) is 3.51. The second kappa shape index (κ2) is 9.05. The van der Waals surface area contributed by atoms with Crippen molar-refractivity contribution in [1.29, 1.82) is 0 Å². The van der Waals surface area contributed by atoms with Gasteiger partial charge in [0.05, 0.1) is 13.3 Å². The van der Waals surface area contributed by atoms with E-state index in [1.807, 2.05) is 37.3 Å². The molecule has 1 aliphatic rings. The minimum Gasteiger partial charge on any atom is -0.497 e. The molecule has 0 radical (unpaired) electrons. The van der Waals surface area contributed by atoms with E-state index in [-0.39, 0.29) is 24.4 Å². The van der Waals surface area contributed by atoms with Crippen LogP contribution in [0.2, 0.25) is 0 Å². The molecule has 2 aromatic rings. The van der Waals surface area contributed by atoms with Gasteiger partial charge >= 0.3 is 0 Å². The van der Waals surface area contributed by atoms with Gasteiger partial charge in [0.1, 0.15) is 11.8 Å². The fourth-order valence-corrected chi connectivity index (χ4v) is 3.51. The van der Waals surface area contributed by atoms with Gasteiger partial charge in [-0.3, -0.25) is 9.48 Å². The van der Waals surface area contributed by atoms with Crippen LogP contribution in [0.25, 0.3) is 0 Å². The number of likely N-dealkylation sites (N-methyl/N-ethyl adjacent to an activating group) is 1. The molecule has 7 heteroatoms. The molecular formula is C19H27ClN4O2. The molecule has 1 unspecified atom stereocenters. The molecule has 2 heterocycles. The number of aromatic nitrogens is 2. The predicted molar refractivity (Wildman–Crippen MR) is 104 cm³/mol. The Hall–Kier alpha value is -2.05. The number of benzene rings is 1. The number of halogens is 1. The minimum absolute atomic E-state index is 0. The standard InChI is InChI=1S/C19H26N4O2.ClH/c1-20-18(16-12-21-22(2)13-16)19(24)23-10-8-15(9-11-23)14-4-6-17(25-3)7-5-14;/h4-7,12-13,15,18,20H,8-11H2,1-3H3;1H. The number of nitrogens with one attached hydrogen (secondary N) is 1. The van der Waals surface area contributed by atoms with E-state index < -0.39 is 0 Å². The molecule has 1 amide bonds. The van der Waals surface area contributed by atoms with E-state index in [1.54, 1.807) is 18.0 Å². The number of nitrogens with zero attached hydrogens (tertiary/aromatic N) is 3. The number of rotatable bonds is 5. The van der Waals surface area contributed by atoms with E-state index >= 15 is 0 Å². The molecule has 3 rings (SSSR count). The highest BCUT2D eigenvalue weighted by Gasteiger charge is 2.29. The predicted octanol–water partition coefficient (Wildman–Crippen LogP) is 2.52. The van der Waals surface area contributed by atoms with Crippen molar-refractivity contribution in [2.45, 2.75) is 24.8 Å². The van der Waals surface area contributed by atoms with Gasteiger partial charge in [-0.05, 0) is 43.5 Å². The van der Waals surface area contributed by atoms with Crippen LogP contribution in [0.3, 0.4) is 0 Å². The Balaban J connectivity index is 0.00000243. The quantitative estimate of drug-likeness (QED) is 0.868. The van der Waals surface area contributed by atoms with Gasteiger partial charge in [0.15, 0.2) is 0 Å². The number of carbonyl (C=O) groups is 1. The van der Waals surface area contributed by atoms with Gasteiger partial charge in [-0.2, -0.15) is 5.10 Å². The van der Waals surface area contributed by atoms with Crippen molar-refractivity contribution in [3.8, 4) is 5.75 Å². The van der Waals surface area contributed by atoms with Gasteiger partial charge in [0.25, 0.3) is 0 Å². The van der Waals surface area contributed by atoms with Crippen molar-refractivity contribution < 1.29 is 9.53 Å². The number of carbonyl (C=O) groups excluding carboxylic acids is 1. The summed E-state index contributed by atoms with van der Waals surface area (Å²) in [6, 6.07) is 7.95. The van der Waals surface area contributed by atoms with E-state index in [1.165, 1.54) is 5.56 Å². The van der Waals surface area contributed by atoms with E-state index in [2.05, 4.69) is 22.5 Å². The molecule has 1 fully saturated rings.